The number of ether oxygens (including phenoxy) is 1. The average molecular weight is 279 g/mol. The second-order valence-corrected chi connectivity index (χ2v) is 5.82. The van der Waals surface area contributed by atoms with Gasteiger partial charge in [-0.25, -0.2) is 0 Å². The SMILES string of the molecule is COc1ccc(CCC(C)NC(CCO)C(C)C)cc1. The van der Waals surface area contributed by atoms with Crippen LogP contribution in [0.1, 0.15) is 39.2 Å². The second kappa shape index (κ2) is 8.98. The lowest BCUT2D eigenvalue weighted by Crippen LogP contribution is -2.40. The zero-order valence-electron chi connectivity index (χ0n) is 13.2. The van der Waals surface area contributed by atoms with E-state index >= 15 is 0 Å². The molecule has 114 valence electrons. The normalized spacial score (nSPS) is 14.3. The first-order chi connectivity index (χ1) is 9.56. The van der Waals surface area contributed by atoms with E-state index in [1.165, 1.54) is 5.56 Å². The minimum absolute atomic E-state index is 0.251. The molecule has 20 heavy (non-hydrogen) atoms. The molecule has 0 bridgehead atoms. The van der Waals surface area contributed by atoms with Crippen LogP contribution in [-0.2, 0) is 6.42 Å². The Morgan fingerprint density at radius 1 is 1.10 bits per heavy atom. The summed E-state index contributed by atoms with van der Waals surface area (Å²) in [6, 6.07) is 9.12. The van der Waals surface area contributed by atoms with E-state index in [9.17, 15) is 0 Å². The molecular formula is C17H29NO2. The third-order valence-corrected chi connectivity index (χ3v) is 3.77. The Balaban J connectivity index is 2.39. The van der Waals surface area contributed by atoms with E-state index in [4.69, 9.17) is 9.84 Å². The van der Waals surface area contributed by atoms with Crippen molar-refractivity contribution in [2.45, 2.75) is 52.1 Å². The molecule has 0 heterocycles. The molecule has 0 saturated carbocycles. The Kier molecular flexibility index (Phi) is 7.63. The van der Waals surface area contributed by atoms with Gasteiger partial charge in [0.1, 0.15) is 5.75 Å². The molecule has 0 aliphatic carbocycles. The van der Waals surface area contributed by atoms with E-state index < -0.39 is 0 Å². The van der Waals surface area contributed by atoms with Crippen LogP contribution in [0.4, 0.5) is 0 Å². The van der Waals surface area contributed by atoms with Gasteiger partial charge >= 0.3 is 0 Å². The van der Waals surface area contributed by atoms with Gasteiger partial charge in [-0.05, 0) is 49.8 Å². The molecule has 0 saturated heterocycles. The summed E-state index contributed by atoms with van der Waals surface area (Å²) >= 11 is 0. The molecule has 1 rings (SSSR count). The molecule has 0 radical (unpaired) electrons. The van der Waals surface area contributed by atoms with Crippen LogP contribution >= 0.6 is 0 Å². The highest BCUT2D eigenvalue weighted by Crippen LogP contribution is 2.14. The molecule has 2 N–H and O–H groups in total. The van der Waals surface area contributed by atoms with Crippen molar-refractivity contribution in [1.29, 1.82) is 0 Å². The second-order valence-electron chi connectivity index (χ2n) is 5.82. The van der Waals surface area contributed by atoms with Gasteiger partial charge in [0.15, 0.2) is 0 Å². The van der Waals surface area contributed by atoms with Crippen molar-refractivity contribution in [3.05, 3.63) is 29.8 Å². The third-order valence-electron chi connectivity index (χ3n) is 3.77. The van der Waals surface area contributed by atoms with Gasteiger partial charge in [0, 0.05) is 18.7 Å². The highest BCUT2D eigenvalue weighted by Gasteiger charge is 2.15. The minimum Gasteiger partial charge on any atom is -0.497 e. The molecule has 0 aliphatic heterocycles. The van der Waals surface area contributed by atoms with Gasteiger partial charge < -0.3 is 15.2 Å². The molecular weight excluding hydrogens is 250 g/mol. The van der Waals surface area contributed by atoms with Crippen molar-refractivity contribution in [3.63, 3.8) is 0 Å². The Morgan fingerprint density at radius 3 is 2.25 bits per heavy atom. The lowest BCUT2D eigenvalue weighted by molar-refractivity contribution is 0.235. The summed E-state index contributed by atoms with van der Waals surface area (Å²) < 4.78 is 5.16. The van der Waals surface area contributed by atoms with Crippen LogP contribution in [0, 0.1) is 5.92 Å². The molecule has 0 aliphatic rings. The molecule has 1 aromatic carbocycles. The van der Waals surface area contributed by atoms with E-state index in [1.807, 2.05) is 12.1 Å². The molecule has 2 unspecified atom stereocenters. The van der Waals surface area contributed by atoms with Crippen molar-refractivity contribution in [3.8, 4) is 5.75 Å². The van der Waals surface area contributed by atoms with Gasteiger partial charge in [-0.2, -0.15) is 0 Å². The monoisotopic (exact) mass is 279 g/mol. The van der Waals surface area contributed by atoms with Crippen LogP contribution in [0.15, 0.2) is 24.3 Å². The Bertz CT molecular complexity index is 362. The standard InChI is InChI=1S/C17H29NO2/c1-13(2)17(11-12-19)18-14(3)5-6-15-7-9-16(20-4)10-8-15/h7-10,13-14,17-19H,5-6,11-12H2,1-4H3. The minimum atomic E-state index is 0.251. The fourth-order valence-electron chi connectivity index (χ4n) is 2.37. The van der Waals surface area contributed by atoms with Gasteiger partial charge in [0.2, 0.25) is 0 Å². The largest absolute Gasteiger partial charge is 0.497 e. The zero-order valence-corrected chi connectivity index (χ0v) is 13.2. The first-order valence-electron chi connectivity index (χ1n) is 7.56. The molecule has 3 nitrogen and oxygen atoms in total. The Hall–Kier alpha value is -1.06. The molecule has 1 aromatic rings. The number of aliphatic hydroxyl groups is 1. The number of methoxy groups -OCH3 is 1. The molecule has 0 fully saturated rings. The van der Waals surface area contributed by atoms with Crippen molar-refractivity contribution in [1.82, 2.24) is 5.32 Å². The molecule has 2 atom stereocenters. The molecule has 0 amide bonds. The van der Waals surface area contributed by atoms with Crippen LogP contribution in [-0.4, -0.2) is 30.9 Å². The Labute approximate surface area is 123 Å². The number of hydrogen-bond donors (Lipinski definition) is 2. The van der Waals surface area contributed by atoms with E-state index in [2.05, 4.69) is 38.2 Å². The van der Waals surface area contributed by atoms with E-state index in [-0.39, 0.29) is 6.61 Å². The summed E-state index contributed by atoms with van der Waals surface area (Å²) in [6.07, 6.45) is 2.98. The van der Waals surface area contributed by atoms with Gasteiger partial charge in [0.05, 0.1) is 7.11 Å². The van der Waals surface area contributed by atoms with Crippen LogP contribution < -0.4 is 10.1 Å². The van der Waals surface area contributed by atoms with Gasteiger partial charge in [0.25, 0.3) is 0 Å². The first-order valence-corrected chi connectivity index (χ1v) is 7.56. The van der Waals surface area contributed by atoms with E-state index in [0.717, 1.165) is 25.0 Å². The fourth-order valence-corrected chi connectivity index (χ4v) is 2.37. The summed E-state index contributed by atoms with van der Waals surface area (Å²) in [5.74, 6) is 1.45. The smallest absolute Gasteiger partial charge is 0.118 e. The fraction of sp³-hybridized carbons (Fsp3) is 0.647. The van der Waals surface area contributed by atoms with Gasteiger partial charge in [-0.3, -0.25) is 0 Å². The maximum Gasteiger partial charge on any atom is 0.118 e. The van der Waals surface area contributed by atoms with E-state index in [1.54, 1.807) is 7.11 Å². The number of hydrogen-bond acceptors (Lipinski definition) is 3. The lowest BCUT2D eigenvalue weighted by Gasteiger charge is -2.26. The molecule has 0 spiro atoms. The number of benzene rings is 1. The number of aryl methyl sites for hydroxylation is 1. The van der Waals surface area contributed by atoms with Crippen molar-refractivity contribution in [2.75, 3.05) is 13.7 Å². The predicted octanol–water partition coefficient (Wildman–Crippen LogP) is 3.01. The van der Waals surface area contributed by atoms with Crippen LogP contribution in [0.3, 0.4) is 0 Å². The Morgan fingerprint density at radius 2 is 1.75 bits per heavy atom. The van der Waals surface area contributed by atoms with Crippen molar-refractivity contribution < 1.29 is 9.84 Å². The predicted molar refractivity (Wildman–Crippen MR) is 84.2 cm³/mol. The van der Waals surface area contributed by atoms with Crippen molar-refractivity contribution in [2.24, 2.45) is 5.92 Å². The van der Waals surface area contributed by atoms with Crippen molar-refractivity contribution >= 4 is 0 Å². The van der Waals surface area contributed by atoms with Crippen LogP contribution in [0.5, 0.6) is 5.75 Å². The zero-order chi connectivity index (χ0) is 15.0. The van der Waals surface area contributed by atoms with Gasteiger partial charge in [-0.15, -0.1) is 0 Å². The average Bonchev–Trinajstić information content (AvgIpc) is 2.45. The quantitative estimate of drug-likeness (QED) is 0.730. The third kappa shape index (κ3) is 5.93. The summed E-state index contributed by atoms with van der Waals surface area (Å²) in [4.78, 5) is 0. The maximum absolute atomic E-state index is 9.10. The number of rotatable bonds is 9. The van der Waals surface area contributed by atoms with Crippen LogP contribution in [0.25, 0.3) is 0 Å². The highest BCUT2D eigenvalue weighted by molar-refractivity contribution is 5.27. The summed E-state index contributed by atoms with van der Waals surface area (Å²) in [7, 11) is 1.69. The summed E-state index contributed by atoms with van der Waals surface area (Å²) in [5, 5.41) is 12.7. The first kappa shape index (κ1) is 17.0. The topological polar surface area (TPSA) is 41.5 Å². The number of aliphatic hydroxyl groups excluding tert-OH is 1. The molecule has 0 aromatic heterocycles. The lowest BCUT2D eigenvalue weighted by atomic mass is 9.99. The number of nitrogens with one attached hydrogen (secondary N) is 1. The highest BCUT2D eigenvalue weighted by atomic mass is 16.5. The van der Waals surface area contributed by atoms with Gasteiger partial charge in [-0.1, -0.05) is 26.0 Å². The summed E-state index contributed by atoms with van der Waals surface area (Å²) in [6.45, 7) is 6.87. The van der Waals surface area contributed by atoms with E-state index in [0.29, 0.717) is 18.0 Å². The maximum atomic E-state index is 9.10. The summed E-state index contributed by atoms with van der Waals surface area (Å²) in [5.41, 5.74) is 1.34. The van der Waals surface area contributed by atoms with Crippen LogP contribution in [0.2, 0.25) is 0 Å². The molecule has 3 heteroatoms.